The Labute approximate surface area is 165 Å². The molecule has 0 aromatic carbocycles. The van der Waals surface area contributed by atoms with Gasteiger partial charge in [0.25, 0.3) is 10.0 Å². The monoisotopic (exact) mass is 418 g/mol. The molecule has 26 heavy (non-hydrogen) atoms. The number of sulfonamides is 1. The molecule has 9 heteroatoms. The fourth-order valence-electron chi connectivity index (χ4n) is 2.58. The first-order valence-electron chi connectivity index (χ1n) is 8.87. The molecule has 0 radical (unpaired) electrons. The average molecular weight is 419 g/mol. The summed E-state index contributed by atoms with van der Waals surface area (Å²) < 4.78 is 27.6. The quantitative estimate of drug-likeness (QED) is 0.526. The third-order valence-corrected chi connectivity index (χ3v) is 9.13. The maximum Gasteiger partial charge on any atom is 0.252 e. The first-order valence-corrected chi connectivity index (χ1v) is 12.4. The summed E-state index contributed by atoms with van der Waals surface area (Å²) in [6.45, 7) is 6.97. The van der Waals surface area contributed by atoms with E-state index in [1.165, 1.54) is 11.3 Å². The van der Waals surface area contributed by atoms with E-state index in [4.69, 9.17) is 0 Å². The second-order valence-corrected chi connectivity index (χ2v) is 11.8. The number of rotatable bonds is 7. The van der Waals surface area contributed by atoms with Gasteiger partial charge in [-0.2, -0.15) is 16.1 Å². The van der Waals surface area contributed by atoms with Crippen molar-refractivity contribution in [2.75, 3.05) is 32.9 Å². The molecule has 148 valence electrons. The van der Waals surface area contributed by atoms with Crippen LogP contribution in [0.4, 0.5) is 0 Å². The van der Waals surface area contributed by atoms with Gasteiger partial charge in [0.05, 0.1) is 6.54 Å². The zero-order valence-electron chi connectivity index (χ0n) is 16.0. The molecular weight excluding hydrogens is 388 g/mol. The van der Waals surface area contributed by atoms with Crippen molar-refractivity contribution >= 4 is 39.1 Å². The van der Waals surface area contributed by atoms with Crippen molar-refractivity contribution < 1.29 is 8.42 Å². The largest absolute Gasteiger partial charge is 0.355 e. The first kappa shape index (κ1) is 21.5. The van der Waals surface area contributed by atoms with Gasteiger partial charge in [-0.05, 0) is 45.1 Å². The third-order valence-electron chi connectivity index (χ3n) is 4.43. The van der Waals surface area contributed by atoms with Gasteiger partial charge in [0.15, 0.2) is 5.96 Å². The Hall–Kier alpha value is -0.770. The van der Waals surface area contributed by atoms with Crippen LogP contribution in [-0.2, 0) is 16.6 Å². The fraction of sp³-hybridized carbons (Fsp3) is 0.706. The van der Waals surface area contributed by atoms with Crippen LogP contribution in [0.3, 0.4) is 0 Å². The van der Waals surface area contributed by atoms with Gasteiger partial charge in [0.1, 0.15) is 4.21 Å². The SMILES string of the molecule is CN=C(NCc1ccc(S(=O)(=O)N2CCCCC2)s1)NCC(C)(C)SC. The number of nitrogens with one attached hydrogen (secondary N) is 2. The first-order chi connectivity index (χ1) is 12.3. The van der Waals surface area contributed by atoms with Gasteiger partial charge in [-0.25, -0.2) is 8.42 Å². The molecule has 1 fully saturated rings. The van der Waals surface area contributed by atoms with E-state index >= 15 is 0 Å². The maximum absolute atomic E-state index is 12.7. The molecule has 0 atom stereocenters. The predicted molar refractivity (Wildman–Crippen MR) is 113 cm³/mol. The van der Waals surface area contributed by atoms with E-state index < -0.39 is 10.0 Å². The number of thioether (sulfide) groups is 1. The van der Waals surface area contributed by atoms with Crippen molar-refractivity contribution in [3.05, 3.63) is 17.0 Å². The highest BCUT2D eigenvalue weighted by molar-refractivity contribution is 7.99. The molecule has 1 aromatic heterocycles. The summed E-state index contributed by atoms with van der Waals surface area (Å²) in [6.07, 6.45) is 5.11. The van der Waals surface area contributed by atoms with E-state index in [-0.39, 0.29) is 4.75 Å². The second kappa shape index (κ2) is 9.43. The van der Waals surface area contributed by atoms with E-state index in [0.29, 0.717) is 23.8 Å². The van der Waals surface area contributed by atoms with E-state index in [2.05, 4.69) is 35.7 Å². The molecule has 0 amide bonds. The lowest BCUT2D eigenvalue weighted by molar-refractivity contribution is 0.347. The van der Waals surface area contributed by atoms with Crippen LogP contribution in [0.1, 0.15) is 38.0 Å². The van der Waals surface area contributed by atoms with Gasteiger partial charge in [0.2, 0.25) is 0 Å². The number of hydrogen-bond acceptors (Lipinski definition) is 5. The van der Waals surface area contributed by atoms with Crippen molar-refractivity contribution in [2.45, 2.75) is 48.6 Å². The van der Waals surface area contributed by atoms with Gasteiger partial charge in [-0.3, -0.25) is 4.99 Å². The lowest BCUT2D eigenvalue weighted by Crippen LogP contribution is -2.42. The molecule has 6 nitrogen and oxygen atoms in total. The summed E-state index contributed by atoms with van der Waals surface area (Å²) in [6, 6.07) is 3.60. The topological polar surface area (TPSA) is 73.8 Å². The third kappa shape index (κ3) is 5.87. The van der Waals surface area contributed by atoms with Crippen molar-refractivity contribution in [1.29, 1.82) is 0 Å². The Kier molecular flexibility index (Phi) is 7.81. The zero-order valence-corrected chi connectivity index (χ0v) is 18.5. The number of piperidine rings is 1. The summed E-state index contributed by atoms with van der Waals surface area (Å²) in [7, 11) is -1.60. The van der Waals surface area contributed by atoms with Gasteiger partial charge < -0.3 is 10.6 Å². The summed E-state index contributed by atoms with van der Waals surface area (Å²) in [5.74, 6) is 0.723. The Morgan fingerprint density at radius 2 is 1.96 bits per heavy atom. The molecular formula is C17H30N4O2S3. The van der Waals surface area contributed by atoms with E-state index in [9.17, 15) is 8.42 Å². The fourth-order valence-corrected chi connectivity index (χ4v) is 5.77. The van der Waals surface area contributed by atoms with Crippen molar-refractivity contribution in [1.82, 2.24) is 14.9 Å². The molecule has 1 aromatic rings. The van der Waals surface area contributed by atoms with Crippen molar-refractivity contribution in [3.8, 4) is 0 Å². The number of hydrogen-bond donors (Lipinski definition) is 2. The summed E-state index contributed by atoms with van der Waals surface area (Å²) >= 11 is 3.13. The minimum atomic E-state index is -3.34. The van der Waals surface area contributed by atoms with Crippen LogP contribution in [-0.4, -0.2) is 56.4 Å². The molecule has 0 spiro atoms. The van der Waals surface area contributed by atoms with Crippen LogP contribution in [0.15, 0.2) is 21.3 Å². The molecule has 0 unspecified atom stereocenters. The van der Waals surface area contributed by atoms with Gasteiger partial charge in [0, 0.05) is 36.3 Å². The van der Waals surface area contributed by atoms with Crippen molar-refractivity contribution in [3.63, 3.8) is 0 Å². The highest BCUT2D eigenvalue weighted by Gasteiger charge is 2.27. The van der Waals surface area contributed by atoms with Gasteiger partial charge in [-0.15, -0.1) is 11.3 Å². The molecule has 1 aliphatic rings. The van der Waals surface area contributed by atoms with Crippen LogP contribution in [0.25, 0.3) is 0 Å². The molecule has 1 saturated heterocycles. The molecule has 2 heterocycles. The lowest BCUT2D eigenvalue weighted by Gasteiger charge is -2.25. The maximum atomic E-state index is 12.7. The van der Waals surface area contributed by atoms with E-state index in [0.717, 1.165) is 36.6 Å². The lowest BCUT2D eigenvalue weighted by atomic mass is 10.2. The van der Waals surface area contributed by atoms with Crippen LogP contribution in [0.5, 0.6) is 0 Å². The molecule has 0 bridgehead atoms. The molecule has 0 aliphatic carbocycles. The average Bonchev–Trinajstić information content (AvgIpc) is 3.12. The summed E-state index contributed by atoms with van der Waals surface area (Å²) in [4.78, 5) is 5.21. The summed E-state index contributed by atoms with van der Waals surface area (Å²) in [5.41, 5.74) is 0. The van der Waals surface area contributed by atoms with Crippen molar-refractivity contribution in [2.24, 2.45) is 4.99 Å². The molecule has 1 aliphatic heterocycles. The Morgan fingerprint density at radius 3 is 2.58 bits per heavy atom. The minimum Gasteiger partial charge on any atom is -0.355 e. The second-order valence-electron chi connectivity index (χ2n) is 6.93. The highest BCUT2D eigenvalue weighted by atomic mass is 32.2. The van der Waals surface area contributed by atoms with E-state index in [1.807, 2.05) is 6.07 Å². The highest BCUT2D eigenvalue weighted by Crippen LogP contribution is 2.27. The Bertz CT molecular complexity index is 707. The van der Waals surface area contributed by atoms with Crippen LogP contribution in [0, 0.1) is 0 Å². The summed E-state index contributed by atoms with van der Waals surface area (Å²) in [5, 5.41) is 6.57. The number of thiophene rings is 1. The standard InChI is InChI=1S/C17H30N4O2S3/c1-17(2,24-4)13-20-16(18-3)19-12-14-8-9-15(25-14)26(22,23)21-10-6-5-7-11-21/h8-9H,5-7,10-13H2,1-4H3,(H2,18,19,20). The number of nitrogens with zero attached hydrogens (tertiary/aromatic N) is 2. The van der Waals surface area contributed by atoms with E-state index in [1.54, 1.807) is 29.2 Å². The smallest absolute Gasteiger partial charge is 0.252 e. The van der Waals surface area contributed by atoms with Crippen LogP contribution < -0.4 is 10.6 Å². The molecule has 2 rings (SSSR count). The number of aliphatic imine (C=N–C) groups is 1. The minimum absolute atomic E-state index is 0.121. The van der Waals surface area contributed by atoms with Gasteiger partial charge >= 0.3 is 0 Å². The Balaban J connectivity index is 1.93. The zero-order chi connectivity index (χ0) is 19.2. The van der Waals surface area contributed by atoms with Crippen LogP contribution in [0.2, 0.25) is 0 Å². The number of guanidine groups is 1. The normalized spacial score (nSPS) is 17.3. The molecule has 2 N–H and O–H groups in total. The van der Waals surface area contributed by atoms with Crippen LogP contribution >= 0.6 is 23.1 Å². The predicted octanol–water partition coefficient (Wildman–Crippen LogP) is 2.73. The van der Waals surface area contributed by atoms with Gasteiger partial charge in [-0.1, -0.05) is 6.42 Å². The Morgan fingerprint density at radius 1 is 1.27 bits per heavy atom. The molecule has 0 saturated carbocycles.